The first-order valence-corrected chi connectivity index (χ1v) is 11.0. The van der Waals surface area contributed by atoms with Crippen LogP contribution < -0.4 is 9.64 Å². The van der Waals surface area contributed by atoms with Crippen molar-refractivity contribution < 1.29 is 14.6 Å². The second-order valence-electron chi connectivity index (χ2n) is 7.79. The zero-order valence-electron chi connectivity index (χ0n) is 17.3. The molecule has 1 aliphatic heterocycles. The van der Waals surface area contributed by atoms with E-state index in [1.807, 2.05) is 38.4 Å². The largest absolute Gasteiger partial charge is 0.490 e. The first-order valence-electron chi connectivity index (χ1n) is 10.2. The van der Waals surface area contributed by atoms with Crippen LogP contribution in [0.25, 0.3) is 0 Å². The van der Waals surface area contributed by atoms with Crippen molar-refractivity contribution in [3.8, 4) is 5.75 Å². The molecule has 29 heavy (non-hydrogen) atoms. The molecule has 0 bridgehead atoms. The summed E-state index contributed by atoms with van der Waals surface area (Å²) in [5.74, 6) is 0.747. The third-order valence-electron chi connectivity index (χ3n) is 5.08. The second-order valence-corrected chi connectivity index (χ2v) is 8.64. The van der Waals surface area contributed by atoms with Crippen molar-refractivity contribution in [2.45, 2.75) is 31.6 Å². The van der Waals surface area contributed by atoms with Crippen LogP contribution in [-0.4, -0.2) is 62.6 Å². The van der Waals surface area contributed by atoms with Crippen LogP contribution in [0, 0.1) is 0 Å². The highest BCUT2D eigenvalue weighted by molar-refractivity contribution is 9.10. The van der Waals surface area contributed by atoms with Crippen LogP contribution in [0.1, 0.15) is 18.4 Å². The number of benzene rings is 2. The van der Waals surface area contributed by atoms with Gasteiger partial charge < -0.3 is 19.5 Å². The first-order chi connectivity index (χ1) is 14.0. The van der Waals surface area contributed by atoms with Gasteiger partial charge in [0.1, 0.15) is 18.5 Å². The molecule has 2 unspecified atom stereocenters. The molecule has 2 atom stereocenters. The number of hydrogen-bond acceptors (Lipinski definition) is 5. The van der Waals surface area contributed by atoms with E-state index >= 15 is 0 Å². The average molecular weight is 463 g/mol. The highest BCUT2D eigenvalue weighted by Gasteiger charge is 2.21. The lowest BCUT2D eigenvalue weighted by Gasteiger charge is -2.28. The van der Waals surface area contributed by atoms with Crippen LogP contribution in [-0.2, 0) is 11.3 Å². The lowest BCUT2D eigenvalue weighted by atomic mass is 10.1. The number of ether oxygens (including phenoxy) is 2. The summed E-state index contributed by atoms with van der Waals surface area (Å²) in [4.78, 5) is 4.37. The van der Waals surface area contributed by atoms with Gasteiger partial charge in [0.2, 0.25) is 0 Å². The van der Waals surface area contributed by atoms with E-state index in [1.165, 1.54) is 11.3 Å². The molecule has 6 heteroatoms. The molecule has 158 valence electrons. The van der Waals surface area contributed by atoms with Gasteiger partial charge in [0, 0.05) is 46.0 Å². The molecule has 0 radical (unpaired) electrons. The summed E-state index contributed by atoms with van der Waals surface area (Å²) in [6, 6.07) is 16.3. The highest BCUT2D eigenvalue weighted by Crippen LogP contribution is 2.24. The van der Waals surface area contributed by atoms with Gasteiger partial charge in [-0.05, 0) is 58.6 Å². The third-order valence-corrected chi connectivity index (χ3v) is 5.74. The van der Waals surface area contributed by atoms with Gasteiger partial charge in [-0.1, -0.05) is 24.3 Å². The summed E-state index contributed by atoms with van der Waals surface area (Å²) in [6.07, 6.45) is 1.86. The van der Waals surface area contributed by atoms with E-state index in [2.05, 4.69) is 50.0 Å². The van der Waals surface area contributed by atoms with Gasteiger partial charge in [-0.3, -0.25) is 4.90 Å². The highest BCUT2D eigenvalue weighted by atomic mass is 79.9. The molecule has 2 aromatic carbocycles. The summed E-state index contributed by atoms with van der Waals surface area (Å²) in [6.45, 7) is 3.23. The van der Waals surface area contributed by atoms with E-state index in [0.717, 1.165) is 42.8 Å². The molecule has 2 aromatic rings. The molecule has 1 N–H and O–H groups in total. The molecule has 0 spiro atoms. The Morgan fingerprint density at radius 3 is 2.59 bits per heavy atom. The van der Waals surface area contributed by atoms with E-state index in [0.29, 0.717) is 6.54 Å². The molecular formula is C23H31BrN2O3. The normalized spacial score (nSPS) is 17.5. The van der Waals surface area contributed by atoms with Gasteiger partial charge in [-0.2, -0.15) is 0 Å². The van der Waals surface area contributed by atoms with Crippen molar-refractivity contribution in [3.05, 3.63) is 58.6 Å². The Balaban J connectivity index is 1.59. The maximum absolute atomic E-state index is 10.6. The van der Waals surface area contributed by atoms with Gasteiger partial charge in [-0.25, -0.2) is 0 Å². The van der Waals surface area contributed by atoms with Crippen LogP contribution in [0.5, 0.6) is 5.75 Å². The monoisotopic (exact) mass is 462 g/mol. The maximum atomic E-state index is 10.6. The van der Waals surface area contributed by atoms with E-state index in [-0.39, 0.29) is 12.7 Å². The third kappa shape index (κ3) is 7.00. The SMILES string of the molecule is CN(C)c1ccc(CN(CC(O)COc2ccccc2Br)CC2CCCO2)cc1. The Morgan fingerprint density at radius 2 is 1.93 bits per heavy atom. The van der Waals surface area contributed by atoms with Crippen molar-refractivity contribution in [2.24, 2.45) is 0 Å². The predicted octanol–water partition coefficient (Wildman–Crippen LogP) is 3.94. The van der Waals surface area contributed by atoms with E-state index in [1.54, 1.807) is 0 Å². The van der Waals surface area contributed by atoms with E-state index in [4.69, 9.17) is 9.47 Å². The smallest absolute Gasteiger partial charge is 0.133 e. The number of para-hydroxylation sites is 1. The topological polar surface area (TPSA) is 45.2 Å². The number of anilines is 1. The van der Waals surface area contributed by atoms with Gasteiger partial charge in [0.15, 0.2) is 0 Å². The Morgan fingerprint density at radius 1 is 1.17 bits per heavy atom. The Kier molecular flexibility index (Phi) is 8.36. The summed E-state index contributed by atoms with van der Waals surface area (Å²) < 4.78 is 12.5. The molecule has 0 amide bonds. The zero-order valence-corrected chi connectivity index (χ0v) is 18.8. The van der Waals surface area contributed by atoms with Crippen LogP contribution >= 0.6 is 15.9 Å². The van der Waals surface area contributed by atoms with Gasteiger partial charge >= 0.3 is 0 Å². The lowest BCUT2D eigenvalue weighted by Crippen LogP contribution is -2.39. The van der Waals surface area contributed by atoms with E-state index < -0.39 is 6.10 Å². The average Bonchev–Trinajstić information content (AvgIpc) is 3.21. The minimum Gasteiger partial charge on any atom is -0.490 e. The minimum atomic E-state index is -0.579. The summed E-state index contributed by atoms with van der Waals surface area (Å²) in [7, 11) is 4.08. The van der Waals surface area contributed by atoms with E-state index in [9.17, 15) is 5.11 Å². The van der Waals surface area contributed by atoms with Crippen LogP contribution in [0.15, 0.2) is 53.0 Å². The molecule has 0 saturated carbocycles. The first kappa shape index (κ1) is 22.1. The van der Waals surface area contributed by atoms with Crippen LogP contribution in [0.2, 0.25) is 0 Å². The molecule has 1 saturated heterocycles. The number of aliphatic hydroxyl groups is 1. The van der Waals surface area contributed by atoms with Gasteiger partial charge in [-0.15, -0.1) is 0 Å². The zero-order chi connectivity index (χ0) is 20.6. The summed E-state index contributed by atoms with van der Waals surface area (Å²) in [5.41, 5.74) is 2.41. The number of hydrogen-bond donors (Lipinski definition) is 1. The van der Waals surface area contributed by atoms with Crippen LogP contribution in [0.4, 0.5) is 5.69 Å². The van der Waals surface area contributed by atoms with Gasteiger partial charge in [0.05, 0.1) is 10.6 Å². The Hall–Kier alpha value is -1.60. The van der Waals surface area contributed by atoms with Gasteiger partial charge in [0.25, 0.3) is 0 Å². The number of nitrogens with zero attached hydrogens (tertiary/aromatic N) is 2. The standard InChI is InChI=1S/C23H31BrN2O3/c1-25(2)19-11-9-18(10-12-19)14-26(16-21-6-5-13-28-21)15-20(27)17-29-23-8-4-3-7-22(23)24/h3-4,7-12,20-21,27H,5-6,13-17H2,1-2H3. The molecule has 5 nitrogen and oxygen atoms in total. The summed E-state index contributed by atoms with van der Waals surface area (Å²) >= 11 is 3.48. The fourth-order valence-electron chi connectivity index (χ4n) is 3.54. The fraction of sp³-hybridized carbons (Fsp3) is 0.478. The number of rotatable bonds is 10. The second kappa shape index (κ2) is 11.0. The molecule has 1 fully saturated rings. The minimum absolute atomic E-state index is 0.243. The Bertz CT molecular complexity index is 748. The lowest BCUT2D eigenvalue weighted by molar-refractivity contribution is 0.0312. The van der Waals surface area contributed by atoms with Crippen molar-refractivity contribution in [3.63, 3.8) is 0 Å². The maximum Gasteiger partial charge on any atom is 0.133 e. The van der Waals surface area contributed by atoms with Crippen molar-refractivity contribution in [2.75, 3.05) is 45.3 Å². The Labute approximate surface area is 182 Å². The quantitative estimate of drug-likeness (QED) is 0.579. The molecule has 3 rings (SSSR count). The van der Waals surface area contributed by atoms with Crippen molar-refractivity contribution in [1.29, 1.82) is 0 Å². The summed E-state index contributed by atoms with van der Waals surface area (Å²) in [5, 5.41) is 10.6. The molecule has 0 aliphatic carbocycles. The number of aliphatic hydroxyl groups excluding tert-OH is 1. The van der Waals surface area contributed by atoms with Crippen molar-refractivity contribution >= 4 is 21.6 Å². The fourth-order valence-corrected chi connectivity index (χ4v) is 3.94. The number of halogens is 1. The van der Waals surface area contributed by atoms with Crippen molar-refractivity contribution in [1.82, 2.24) is 4.90 Å². The molecule has 1 aliphatic rings. The molecule has 1 heterocycles. The molecular weight excluding hydrogens is 432 g/mol. The molecule has 0 aromatic heterocycles. The predicted molar refractivity (Wildman–Crippen MR) is 121 cm³/mol. The van der Waals surface area contributed by atoms with Crippen LogP contribution in [0.3, 0.4) is 0 Å².